The first kappa shape index (κ1) is 19.0. The maximum absolute atomic E-state index is 5.30. The van der Waals surface area contributed by atoms with Crippen LogP contribution in [0.2, 0.25) is 0 Å². The molecule has 0 heterocycles. The van der Waals surface area contributed by atoms with Gasteiger partial charge in [-0.15, -0.1) is 0 Å². The number of anilines is 1. The van der Waals surface area contributed by atoms with Crippen LogP contribution in [-0.2, 0) is 6.54 Å². The fourth-order valence-corrected chi connectivity index (χ4v) is 3.30. The van der Waals surface area contributed by atoms with E-state index < -0.39 is 0 Å². The molecule has 0 spiro atoms. The Labute approximate surface area is 163 Å². The highest BCUT2D eigenvalue weighted by molar-refractivity contribution is 5.63. The van der Waals surface area contributed by atoms with Crippen molar-refractivity contribution in [2.24, 2.45) is 0 Å². The van der Waals surface area contributed by atoms with Crippen LogP contribution in [0.4, 0.5) is 5.69 Å². The summed E-state index contributed by atoms with van der Waals surface area (Å²) < 4.78 is 5.30. The fourth-order valence-electron chi connectivity index (χ4n) is 3.30. The van der Waals surface area contributed by atoms with Gasteiger partial charge in [-0.05, 0) is 47.4 Å². The molecule has 27 heavy (non-hydrogen) atoms. The average Bonchev–Trinajstić information content (AvgIpc) is 2.74. The monoisotopic (exact) mass is 359 g/mol. The molecule has 0 unspecified atom stereocenters. The second-order valence-corrected chi connectivity index (χ2v) is 6.89. The number of rotatable bonds is 9. The summed E-state index contributed by atoms with van der Waals surface area (Å²) in [5.74, 6) is 0.902. The largest absolute Gasteiger partial charge is 0.497 e. The highest BCUT2D eigenvalue weighted by atomic mass is 16.5. The van der Waals surface area contributed by atoms with E-state index in [0.717, 1.165) is 18.8 Å². The molecule has 0 N–H and O–H groups in total. The van der Waals surface area contributed by atoms with Crippen molar-refractivity contribution in [1.29, 1.82) is 0 Å². The number of unbranched alkanes of at least 4 members (excludes halogenated alkanes) is 2. The Hall–Kier alpha value is -2.74. The minimum absolute atomic E-state index is 0.902. The van der Waals surface area contributed by atoms with Crippen LogP contribution in [0.3, 0.4) is 0 Å². The van der Waals surface area contributed by atoms with Gasteiger partial charge in [0.1, 0.15) is 5.75 Å². The number of hydrogen-bond acceptors (Lipinski definition) is 2. The molecule has 2 heteroatoms. The molecule has 0 bridgehead atoms. The van der Waals surface area contributed by atoms with E-state index in [2.05, 4.69) is 78.6 Å². The molecule has 0 aliphatic carbocycles. The van der Waals surface area contributed by atoms with E-state index in [4.69, 9.17) is 4.74 Å². The van der Waals surface area contributed by atoms with E-state index in [1.54, 1.807) is 7.11 Å². The van der Waals surface area contributed by atoms with Gasteiger partial charge in [-0.2, -0.15) is 0 Å². The minimum Gasteiger partial charge on any atom is -0.497 e. The molecule has 140 valence electrons. The molecule has 0 radical (unpaired) electrons. The highest BCUT2D eigenvalue weighted by Gasteiger charge is 2.08. The van der Waals surface area contributed by atoms with Gasteiger partial charge in [0.15, 0.2) is 0 Å². The minimum atomic E-state index is 0.902. The van der Waals surface area contributed by atoms with Gasteiger partial charge in [0.25, 0.3) is 0 Å². The summed E-state index contributed by atoms with van der Waals surface area (Å²) >= 11 is 0. The lowest BCUT2D eigenvalue weighted by atomic mass is 10.0. The SMILES string of the molecule is CCCCCN(Cc1ccc(-c2ccccc2)cc1)c1ccc(OC)cc1. The zero-order chi connectivity index (χ0) is 18.9. The molecule has 3 aromatic carbocycles. The second kappa shape index (κ2) is 9.82. The zero-order valence-corrected chi connectivity index (χ0v) is 16.4. The standard InChI is InChI=1S/C25H29NO/c1-3-4-8-19-26(24-15-17-25(27-2)18-16-24)20-21-11-13-23(14-12-21)22-9-6-5-7-10-22/h5-7,9-18H,3-4,8,19-20H2,1-2H3. The van der Waals surface area contributed by atoms with Crippen LogP contribution in [0.1, 0.15) is 31.7 Å². The van der Waals surface area contributed by atoms with Crippen LogP contribution in [0.25, 0.3) is 11.1 Å². The van der Waals surface area contributed by atoms with E-state index in [9.17, 15) is 0 Å². The van der Waals surface area contributed by atoms with Crippen LogP contribution in [-0.4, -0.2) is 13.7 Å². The predicted molar refractivity (Wildman–Crippen MR) is 115 cm³/mol. The van der Waals surface area contributed by atoms with E-state index in [-0.39, 0.29) is 0 Å². The molecule has 0 atom stereocenters. The van der Waals surface area contributed by atoms with Gasteiger partial charge in [0.05, 0.1) is 7.11 Å². The van der Waals surface area contributed by atoms with Crippen LogP contribution in [0, 0.1) is 0 Å². The lowest BCUT2D eigenvalue weighted by Gasteiger charge is -2.25. The number of ether oxygens (including phenoxy) is 1. The van der Waals surface area contributed by atoms with E-state index in [0.29, 0.717) is 0 Å². The van der Waals surface area contributed by atoms with Crippen molar-refractivity contribution < 1.29 is 4.74 Å². The van der Waals surface area contributed by atoms with Crippen molar-refractivity contribution in [3.05, 3.63) is 84.4 Å². The average molecular weight is 360 g/mol. The molecule has 0 fully saturated rings. The normalized spacial score (nSPS) is 10.6. The Kier molecular flexibility index (Phi) is 6.92. The third-order valence-corrected chi connectivity index (χ3v) is 4.90. The number of hydrogen-bond donors (Lipinski definition) is 0. The molecule has 0 aromatic heterocycles. The quantitative estimate of drug-likeness (QED) is 0.401. The van der Waals surface area contributed by atoms with E-state index in [1.807, 2.05) is 12.1 Å². The summed E-state index contributed by atoms with van der Waals surface area (Å²) in [5, 5.41) is 0. The van der Waals surface area contributed by atoms with Crippen molar-refractivity contribution >= 4 is 5.69 Å². The van der Waals surface area contributed by atoms with Crippen molar-refractivity contribution in [2.75, 3.05) is 18.6 Å². The number of methoxy groups -OCH3 is 1. The lowest BCUT2D eigenvalue weighted by Crippen LogP contribution is -2.23. The zero-order valence-electron chi connectivity index (χ0n) is 16.4. The van der Waals surface area contributed by atoms with Crippen molar-refractivity contribution in [3.8, 4) is 16.9 Å². The highest BCUT2D eigenvalue weighted by Crippen LogP contribution is 2.24. The molecule has 0 aliphatic rings. The smallest absolute Gasteiger partial charge is 0.119 e. The maximum atomic E-state index is 5.30. The Balaban J connectivity index is 1.74. The lowest BCUT2D eigenvalue weighted by molar-refractivity contribution is 0.415. The molecule has 2 nitrogen and oxygen atoms in total. The molecule has 0 saturated heterocycles. The Morgan fingerprint density at radius 2 is 1.41 bits per heavy atom. The van der Waals surface area contributed by atoms with Gasteiger partial charge in [0, 0.05) is 18.8 Å². The number of nitrogens with zero attached hydrogens (tertiary/aromatic N) is 1. The van der Waals surface area contributed by atoms with Crippen molar-refractivity contribution in [2.45, 2.75) is 32.7 Å². The Morgan fingerprint density at radius 3 is 2.04 bits per heavy atom. The Morgan fingerprint density at radius 1 is 0.741 bits per heavy atom. The van der Waals surface area contributed by atoms with E-state index in [1.165, 1.54) is 41.6 Å². The molecular formula is C25H29NO. The molecule has 3 rings (SSSR count). The summed E-state index contributed by atoms with van der Waals surface area (Å²) in [5.41, 5.74) is 5.11. The first-order valence-electron chi connectivity index (χ1n) is 9.83. The van der Waals surface area contributed by atoms with Crippen LogP contribution >= 0.6 is 0 Å². The van der Waals surface area contributed by atoms with Crippen LogP contribution < -0.4 is 9.64 Å². The van der Waals surface area contributed by atoms with Gasteiger partial charge in [-0.3, -0.25) is 0 Å². The molecule has 0 amide bonds. The molecule has 0 aliphatic heterocycles. The topological polar surface area (TPSA) is 12.5 Å². The van der Waals surface area contributed by atoms with E-state index >= 15 is 0 Å². The van der Waals surface area contributed by atoms with Crippen molar-refractivity contribution in [1.82, 2.24) is 0 Å². The molecule has 0 saturated carbocycles. The predicted octanol–water partition coefficient (Wildman–Crippen LogP) is 6.56. The summed E-state index contributed by atoms with van der Waals surface area (Å²) in [6.07, 6.45) is 3.71. The second-order valence-electron chi connectivity index (χ2n) is 6.89. The maximum Gasteiger partial charge on any atom is 0.119 e. The summed E-state index contributed by atoms with van der Waals surface area (Å²) in [6.45, 7) is 4.24. The van der Waals surface area contributed by atoms with Gasteiger partial charge < -0.3 is 9.64 Å². The van der Waals surface area contributed by atoms with Gasteiger partial charge in [-0.1, -0.05) is 74.4 Å². The third kappa shape index (κ3) is 5.37. The van der Waals surface area contributed by atoms with Crippen LogP contribution in [0.15, 0.2) is 78.9 Å². The van der Waals surface area contributed by atoms with Crippen LogP contribution in [0.5, 0.6) is 5.75 Å². The Bertz CT molecular complexity index is 794. The molecular weight excluding hydrogens is 330 g/mol. The van der Waals surface area contributed by atoms with Gasteiger partial charge in [0.2, 0.25) is 0 Å². The summed E-state index contributed by atoms with van der Waals surface area (Å²) in [7, 11) is 1.71. The van der Waals surface area contributed by atoms with Gasteiger partial charge >= 0.3 is 0 Å². The summed E-state index contributed by atoms with van der Waals surface area (Å²) in [4.78, 5) is 2.46. The third-order valence-electron chi connectivity index (χ3n) is 4.90. The summed E-state index contributed by atoms with van der Waals surface area (Å²) in [6, 6.07) is 27.9. The first-order chi connectivity index (χ1) is 13.3. The van der Waals surface area contributed by atoms with Crippen molar-refractivity contribution in [3.63, 3.8) is 0 Å². The number of benzene rings is 3. The van der Waals surface area contributed by atoms with Gasteiger partial charge in [-0.25, -0.2) is 0 Å². The first-order valence-corrected chi connectivity index (χ1v) is 9.83. The molecule has 3 aromatic rings. The fraction of sp³-hybridized carbons (Fsp3) is 0.280.